The minimum atomic E-state index is 0.132. The highest BCUT2D eigenvalue weighted by Crippen LogP contribution is 2.22. The quantitative estimate of drug-likeness (QED) is 0.915. The molecule has 0 atom stereocenters. The average Bonchev–Trinajstić information content (AvgIpc) is 2.75. The lowest BCUT2D eigenvalue weighted by Crippen LogP contribution is -2.41. The number of aryl methyl sites for hydroxylation is 1. The molecule has 1 fully saturated rings. The molecule has 1 aromatic rings. The summed E-state index contributed by atoms with van der Waals surface area (Å²) in [6, 6.07) is 0.579. The predicted octanol–water partition coefficient (Wildman–Crippen LogP) is 2.51. The molecule has 2 heterocycles. The van der Waals surface area contributed by atoms with Crippen LogP contribution in [0.3, 0.4) is 0 Å². The summed E-state index contributed by atoms with van der Waals surface area (Å²) in [5, 5.41) is 5.61. The first-order valence-corrected chi connectivity index (χ1v) is 7.41. The van der Waals surface area contributed by atoms with Gasteiger partial charge in [-0.15, -0.1) is 11.3 Å². The van der Waals surface area contributed by atoms with Crippen molar-refractivity contribution in [3.63, 3.8) is 0 Å². The van der Waals surface area contributed by atoms with Gasteiger partial charge in [-0.25, -0.2) is 4.98 Å². The molecular formula is C13H21N3OS. The van der Waals surface area contributed by atoms with Gasteiger partial charge in [-0.1, -0.05) is 0 Å². The first-order valence-electron chi connectivity index (χ1n) is 6.53. The van der Waals surface area contributed by atoms with Crippen molar-refractivity contribution in [3.8, 4) is 0 Å². The molecule has 0 unspecified atom stereocenters. The van der Waals surface area contributed by atoms with E-state index in [2.05, 4.69) is 29.0 Å². The van der Waals surface area contributed by atoms with E-state index >= 15 is 0 Å². The van der Waals surface area contributed by atoms with Crippen LogP contribution in [0.15, 0.2) is 5.38 Å². The Morgan fingerprint density at radius 1 is 1.50 bits per heavy atom. The van der Waals surface area contributed by atoms with Gasteiger partial charge in [0.05, 0.1) is 5.69 Å². The summed E-state index contributed by atoms with van der Waals surface area (Å²) in [4.78, 5) is 18.8. The number of likely N-dealkylation sites (tertiary alicyclic amines) is 1. The third kappa shape index (κ3) is 3.29. The number of carbonyl (C=O) groups is 1. The van der Waals surface area contributed by atoms with Crippen LogP contribution in [0.2, 0.25) is 0 Å². The summed E-state index contributed by atoms with van der Waals surface area (Å²) < 4.78 is 0. The van der Waals surface area contributed by atoms with Gasteiger partial charge < -0.3 is 10.2 Å². The largest absolute Gasteiger partial charge is 0.302 e. The first-order chi connectivity index (χ1) is 8.56. The van der Waals surface area contributed by atoms with Gasteiger partial charge in [-0.2, -0.15) is 0 Å². The van der Waals surface area contributed by atoms with Gasteiger partial charge in [0.2, 0.25) is 5.91 Å². The topological polar surface area (TPSA) is 45.2 Å². The lowest BCUT2D eigenvalue weighted by molar-refractivity contribution is -0.121. The maximum atomic E-state index is 12.1. The third-order valence-corrected chi connectivity index (χ3v) is 4.36. The van der Waals surface area contributed by atoms with Crippen LogP contribution in [0.25, 0.3) is 0 Å². The second-order valence-electron chi connectivity index (χ2n) is 5.19. The van der Waals surface area contributed by atoms with Crippen molar-refractivity contribution < 1.29 is 4.79 Å². The van der Waals surface area contributed by atoms with Gasteiger partial charge in [0, 0.05) is 17.3 Å². The highest BCUT2D eigenvalue weighted by Gasteiger charge is 2.26. The van der Waals surface area contributed by atoms with E-state index in [4.69, 9.17) is 0 Å². The van der Waals surface area contributed by atoms with E-state index in [0.717, 1.165) is 36.8 Å². The Bertz CT molecular complexity index is 408. The summed E-state index contributed by atoms with van der Waals surface area (Å²) in [6.45, 7) is 8.39. The first kappa shape index (κ1) is 13.5. The Balaban J connectivity index is 1.84. The SMILES string of the molecule is Cc1csc(NC(=O)C2CCN(C(C)C)CC2)n1. The van der Waals surface area contributed by atoms with Crippen LogP contribution < -0.4 is 5.32 Å². The number of amides is 1. The molecule has 100 valence electrons. The minimum Gasteiger partial charge on any atom is -0.302 e. The van der Waals surface area contributed by atoms with E-state index in [-0.39, 0.29) is 11.8 Å². The normalized spacial score (nSPS) is 18.2. The number of hydrogen-bond acceptors (Lipinski definition) is 4. The van der Waals surface area contributed by atoms with Crippen LogP contribution in [-0.4, -0.2) is 34.9 Å². The smallest absolute Gasteiger partial charge is 0.229 e. The van der Waals surface area contributed by atoms with Gasteiger partial charge in [0.15, 0.2) is 5.13 Å². The van der Waals surface area contributed by atoms with Gasteiger partial charge >= 0.3 is 0 Å². The number of anilines is 1. The lowest BCUT2D eigenvalue weighted by atomic mass is 9.95. The van der Waals surface area contributed by atoms with E-state index in [1.165, 1.54) is 11.3 Å². The van der Waals surface area contributed by atoms with Crippen LogP contribution >= 0.6 is 11.3 Å². The highest BCUT2D eigenvalue weighted by atomic mass is 32.1. The number of aromatic nitrogens is 1. The standard InChI is InChI=1S/C13H21N3OS/c1-9(2)16-6-4-11(5-7-16)12(17)15-13-14-10(3)8-18-13/h8-9,11H,4-7H2,1-3H3,(H,14,15,17). The summed E-state index contributed by atoms with van der Waals surface area (Å²) in [7, 11) is 0. The maximum Gasteiger partial charge on any atom is 0.229 e. The monoisotopic (exact) mass is 267 g/mol. The highest BCUT2D eigenvalue weighted by molar-refractivity contribution is 7.13. The maximum absolute atomic E-state index is 12.1. The summed E-state index contributed by atoms with van der Waals surface area (Å²) in [5.74, 6) is 0.275. The Labute approximate surface area is 112 Å². The van der Waals surface area contributed by atoms with E-state index in [1.54, 1.807) is 0 Å². The summed E-state index contributed by atoms with van der Waals surface area (Å²) >= 11 is 1.49. The number of thiazole rings is 1. The Hall–Kier alpha value is -0.940. The summed E-state index contributed by atoms with van der Waals surface area (Å²) in [6.07, 6.45) is 1.91. The Morgan fingerprint density at radius 3 is 2.67 bits per heavy atom. The van der Waals surface area contributed by atoms with Crippen LogP contribution in [0.5, 0.6) is 0 Å². The number of carbonyl (C=O) groups excluding carboxylic acids is 1. The molecule has 0 saturated carbocycles. The molecule has 18 heavy (non-hydrogen) atoms. The molecule has 1 aliphatic rings. The second kappa shape index (κ2) is 5.80. The number of nitrogens with one attached hydrogen (secondary N) is 1. The molecule has 0 bridgehead atoms. The average molecular weight is 267 g/mol. The van der Waals surface area contributed by atoms with Crippen LogP contribution in [0.1, 0.15) is 32.4 Å². The molecule has 1 saturated heterocycles. The lowest BCUT2D eigenvalue weighted by Gasteiger charge is -2.33. The second-order valence-corrected chi connectivity index (χ2v) is 6.05. The molecule has 4 nitrogen and oxygen atoms in total. The molecule has 0 aromatic carbocycles. The van der Waals surface area contributed by atoms with Crippen LogP contribution in [0, 0.1) is 12.8 Å². The molecule has 0 spiro atoms. The zero-order valence-corrected chi connectivity index (χ0v) is 12.1. The molecule has 1 aliphatic heterocycles. The number of rotatable bonds is 3. The van der Waals surface area contributed by atoms with Crippen LogP contribution in [0.4, 0.5) is 5.13 Å². The van der Waals surface area contributed by atoms with E-state index in [1.807, 2.05) is 12.3 Å². The van der Waals surface area contributed by atoms with Crippen molar-refractivity contribution in [2.75, 3.05) is 18.4 Å². The fraction of sp³-hybridized carbons (Fsp3) is 0.692. The van der Waals surface area contributed by atoms with Crippen molar-refractivity contribution in [1.82, 2.24) is 9.88 Å². The van der Waals surface area contributed by atoms with Crippen molar-refractivity contribution >= 4 is 22.4 Å². The molecular weight excluding hydrogens is 246 g/mol. The number of piperidine rings is 1. The van der Waals surface area contributed by atoms with Crippen molar-refractivity contribution in [2.45, 2.75) is 39.7 Å². The van der Waals surface area contributed by atoms with Gasteiger partial charge in [0.1, 0.15) is 0 Å². The molecule has 2 rings (SSSR count). The third-order valence-electron chi connectivity index (χ3n) is 3.48. The van der Waals surface area contributed by atoms with E-state index in [0.29, 0.717) is 6.04 Å². The van der Waals surface area contributed by atoms with E-state index < -0.39 is 0 Å². The molecule has 0 radical (unpaired) electrons. The molecule has 1 aromatic heterocycles. The van der Waals surface area contributed by atoms with Crippen LogP contribution in [-0.2, 0) is 4.79 Å². The van der Waals surface area contributed by atoms with Gasteiger partial charge in [-0.05, 0) is 46.7 Å². The van der Waals surface area contributed by atoms with Gasteiger partial charge in [0.25, 0.3) is 0 Å². The number of nitrogens with zero attached hydrogens (tertiary/aromatic N) is 2. The number of hydrogen-bond donors (Lipinski definition) is 1. The zero-order chi connectivity index (χ0) is 13.1. The molecule has 1 amide bonds. The van der Waals surface area contributed by atoms with Gasteiger partial charge in [-0.3, -0.25) is 4.79 Å². The van der Waals surface area contributed by atoms with E-state index in [9.17, 15) is 4.79 Å². The van der Waals surface area contributed by atoms with Crippen molar-refractivity contribution in [2.24, 2.45) is 5.92 Å². The minimum absolute atomic E-state index is 0.132. The molecule has 0 aliphatic carbocycles. The van der Waals surface area contributed by atoms with Crippen molar-refractivity contribution in [1.29, 1.82) is 0 Å². The molecule has 5 heteroatoms. The molecule has 1 N–H and O–H groups in total. The Morgan fingerprint density at radius 2 is 2.17 bits per heavy atom. The predicted molar refractivity (Wildman–Crippen MR) is 74.9 cm³/mol. The fourth-order valence-corrected chi connectivity index (χ4v) is 2.99. The fourth-order valence-electron chi connectivity index (χ4n) is 2.30. The van der Waals surface area contributed by atoms with Crippen molar-refractivity contribution in [3.05, 3.63) is 11.1 Å². The Kier molecular flexibility index (Phi) is 4.35. The zero-order valence-electron chi connectivity index (χ0n) is 11.3. The summed E-state index contributed by atoms with van der Waals surface area (Å²) in [5.41, 5.74) is 0.963.